The molecule has 12 heteroatoms. The highest BCUT2D eigenvalue weighted by molar-refractivity contribution is 5.90. The van der Waals surface area contributed by atoms with Crippen LogP contribution >= 0.6 is 0 Å². The number of hydrogen-bond acceptors (Lipinski definition) is 8. The van der Waals surface area contributed by atoms with Crippen molar-refractivity contribution in [3.63, 3.8) is 0 Å². The highest BCUT2D eigenvalue weighted by atomic mass is 19.1. The molecule has 1 unspecified atom stereocenters. The van der Waals surface area contributed by atoms with Gasteiger partial charge in [-0.15, -0.1) is 0 Å². The van der Waals surface area contributed by atoms with Gasteiger partial charge in [0, 0.05) is 56.1 Å². The second-order valence-electron chi connectivity index (χ2n) is 9.00. The number of amides is 3. The van der Waals surface area contributed by atoms with Crippen LogP contribution in [0.2, 0.25) is 0 Å². The number of carbonyl (C=O) groups is 3. The van der Waals surface area contributed by atoms with Crippen molar-refractivity contribution in [1.82, 2.24) is 20.2 Å². The normalized spacial score (nSPS) is 17.1. The van der Waals surface area contributed by atoms with Crippen LogP contribution in [0, 0.1) is 5.82 Å². The van der Waals surface area contributed by atoms with Gasteiger partial charge in [0.05, 0.1) is 12.2 Å². The molecule has 3 amide bonds. The van der Waals surface area contributed by atoms with Crippen molar-refractivity contribution >= 4 is 29.7 Å². The summed E-state index contributed by atoms with van der Waals surface area (Å²) in [5, 5.41) is 2.60. The lowest BCUT2D eigenvalue weighted by molar-refractivity contribution is -0.123. The van der Waals surface area contributed by atoms with E-state index in [1.54, 1.807) is 48.2 Å². The number of piperazine rings is 1. The Hall–Kier alpha value is -4.74. The molecule has 3 heterocycles. The largest absolute Gasteiger partial charge is 0.423 e. The Kier molecular flexibility index (Phi) is 7.53. The molecule has 39 heavy (non-hydrogen) atoms. The first kappa shape index (κ1) is 25.9. The second kappa shape index (κ2) is 11.3. The lowest BCUT2D eigenvalue weighted by atomic mass is 10.1. The number of rotatable bonds is 6. The summed E-state index contributed by atoms with van der Waals surface area (Å²) in [6.07, 6.45) is 1.49. The summed E-state index contributed by atoms with van der Waals surface area (Å²) in [5.41, 5.74) is 1.07. The van der Waals surface area contributed by atoms with E-state index in [0.29, 0.717) is 49.1 Å². The zero-order valence-corrected chi connectivity index (χ0v) is 21.2. The highest BCUT2D eigenvalue weighted by Gasteiger charge is 2.33. The van der Waals surface area contributed by atoms with Gasteiger partial charge in [0.25, 0.3) is 0 Å². The van der Waals surface area contributed by atoms with Crippen molar-refractivity contribution in [2.24, 2.45) is 0 Å². The molecule has 0 spiro atoms. The number of para-hydroxylation sites is 1. The predicted octanol–water partition coefficient (Wildman–Crippen LogP) is 3.41. The van der Waals surface area contributed by atoms with Crippen LogP contribution in [0.1, 0.15) is 13.3 Å². The van der Waals surface area contributed by atoms with E-state index in [2.05, 4.69) is 15.3 Å². The third-order valence-electron chi connectivity index (χ3n) is 6.44. The third kappa shape index (κ3) is 5.89. The van der Waals surface area contributed by atoms with Crippen LogP contribution in [0.5, 0.6) is 5.75 Å². The number of cyclic esters (lactones) is 1. The molecule has 1 atom stereocenters. The standard InChI is InChI=1S/C27H27FN6O5/c1-2-23(35)31-24-17-34(27(37)39-24)19-8-9-21(22(28)14-19)18-15-29-25(30-16-18)32-10-12-33(13-11-32)26(36)38-20-6-4-3-5-7-20/h3-9,14-16,24H,2,10-13,17H2,1H3,(H,31,35). The minimum atomic E-state index is -0.787. The number of hydrogen-bond donors (Lipinski definition) is 1. The fourth-order valence-corrected chi connectivity index (χ4v) is 4.30. The first-order chi connectivity index (χ1) is 18.9. The Labute approximate surface area is 224 Å². The van der Waals surface area contributed by atoms with E-state index in [1.165, 1.54) is 23.4 Å². The van der Waals surface area contributed by atoms with E-state index in [9.17, 15) is 14.4 Å². The molecule has 2 fully saturated rings. The number of halogens is 1. The Balaban J connectivity index is 1.18. The molecule has 11 nitrogen and oxygen atoms in total. The van der Waals surface area contributed by atoms with Crippen molar-refractivity contribution in [3.8, 4) is 16.9 Å². The van der Waals surface area contributed by atoms with Gasteiger partial charge in [-0.1, -0.05) is 25.1 Å². The van der Waals surface area contributed by atoms with Gasteiger partial charge in [-0.2, -0.15) is 0 Å². The summed E-state index contributed by atoms with van der Waals surface area (Å²) in [6, 6.07) is 13.3. The number of benzene rings is 2. The van der Waals surface area contributed by atoms with Crippen LogP contribution in [0.25, 0.3) is 11.1 Å². The Bertz CT molecular complexity index is 1350. The number of anilines is 2. The van der Waals surface area contributed by atoms with Gasteiger partial charge in [-0.25, -0.2) is 23.9 Å². The van der Waals surface area contributed by atoms with Crippen LogP contribution in [-0.2, 0) is 9.53 Å². The average molecular weight is 535 g/mol. The topological polar surface area (TPSA) is 117 Å². The van der Waals surface area contributed by atoms with Crippen LogP contribution in [-0.4, -0.2) is 71.9 Å². The zero-order chi connectivity index (χ0) is 27.4. The quantitative estimate of drug-likeness (QED) is 0.511. The van der Waals surface area contributed by atoms with Crippen LogP contribution in [0.15, 0.2) is 60.9 Å². The van der Waals surface area contributed by atoms with Crippen LogP contribution in [0.3, 0.4) is 0 Å². The predicted molar refractivity (Wildman–Crippen MR) is 140 cm³/mol. The summed E-state index contributed by atoms with van der Waals surface area (Å²) >= 11 is 0. The number of carbonyl (C=O) groups excluding carboxylic acids is 3. The van der Waals surface area contributed by atoms with Crippen LogP contribution in [0.4, 0.5) is 25.6 Å². The number of nitrogens with zero attached hydrogens (tertiary/aromatic N) is 5. The van der Waals surface area contributed by atoms with Gasteiger partial charge in [0.2, 0.25) is 11.9 Å². The molecular weight excluding hydrogens is 507 g/mol. The van der Waals surface area contributed by atoms with E-state index < -0.39 is 24.2 Å². The molecule has 202 valence electrons. The summed E-state index contributed by atoms with van der Waals surface area (Å²) in [5.74, 6) is 0.177. The SMILES string of the molecule is CCC(=O)NC1CN(c2ccc(-c3cnc(N4CCN(C(=O)Oc5ccccc5)CC4)nc3)c(F)c2)C(=O)O1. The molecule has 2 saturated heterocycles. The average Bonchev–Trinajstić information content (AvgIpc) is 3.33. The molecule has 0 bridgehead atoms. The minimum Gasteiger partial charge on any atom is -0.423 e. The number of aromatic nitrogens is 2. The van der Waals surface area contributed by atoms with Crippen LogP contribution < -0.4 is 19.9 Å². The van der Waals surface area contributed by atoms with Crippen molar-refractivity contribution in [2.45, 2.75) is 19.6 Å². The first-order valence-corrected chi connectivity index (χ1v) is 12.6. The Morgan fingerprint density at radius 1 is 1.08 bits per heavy atom. The Morgan fingerprint density at radius 3 is 2.46 bits per heavy atom. The molecule has 2 aromatic carbocycles. The maximum Gasteiger partial charge on any atom is 0.416 e. The molecule has 5 rings (SSSR count). The molecular formula is C27H27FN6O5. The maximum atomic E-state index is 15.0. The first-order valence-electron chi connectivity index (χ1n) is 12.6. The molecule has 0 saturated carbocycles. The van der Waals surface area contributed by atoms with E-state index >= 15 is 4.39 Å². The smallest absolute Gasteiger partial charge is 0.416 e. The van der Waals surface area contributed by atoms with Crippen molar-refractivity contribution in [2.75, 3.05) is 42.5 Å². The monoisotopic (exact) mass is 534 g/mol. The molecule has 0 radical (unpaired) electrons. The van der Waals surface area contributed by atoms with Gasteiger partial charge < -0.3 is 24.6 Å². The van der Waals surface area contributed by atoms with Gasteiger partial charge in [0.1, 0.15) is 11.6 Å². The Morgan fingerprint density at radius 2 is 1.79 bits per heavy atom. The summed E-state index contributed by atoms with van der Waals surface area (Å²) in [7, 11) is 0. The minimum absolute atomic E-state index is 0.0818. The third-order valence-corrected chi connectivity index (χ3v) is 6.44. The van der Waals surface area contributed by atoms with E-state index in [1.807, 2.05) is 11.0 Å². The molecule has 3 aromatic rings. The summed E-state index contributed by atoms with van der Waals surface area (Å²) in [4.78, 5) is 49.9. The van der Waals surface area contributed by atoms with Gasteiger partial charge in [-0.3, -0.25) is 9.69 Å². The fraction of sp³-hybridized carbons (Fsp3) is 0.296. The second-order valence-corrected chi connectivity index (χ2v) is 9.00. The lowest BCUT2D eigenvalue weighted by Crippen LogP contribution is -2.50. The number of ether oxygens (including phenoxy) is 2. The number of nitrogens with one attached hydrogen (secondary N) is 1. The van der Waals surface area contributed by atoms with Gasteiger partial charge in [0.15, 0.2) is 6.23 Å². The molecule has 2 aliphatic rings. The van der Waals surface area contributed by atoms with E-state index in [4.69, 9.17) is 9.47 Å². The van der Waals surface area contributed by atoms with Gasteiger partial charge in [-0.05, 0) is 30.3 Å². The van der Waals surface area contributed by atoms with E-state index in [-0.39, 0.29) is 24.4 Å². The summed E-state index contributed by atoms with van der Waals surface area (Å²) in [6.45, 7) is 3.73. The van der Waals surface area contributed by atoms with E-state index in [0.717, 1.165) is 0 Å². The fourth-order valence-electron chi connectivity index (χ4n) is 4.30. The lowest BCUT2D eigenvalue weighted by Gasteiger charge is -2.34. The highest BCUT2D eigenvalue weighted by Crippen LogP contribution is 2.29. The van der Waals surface area contributed by atoms with Crippen molar-refractivity contribution in [3.05, 3.63) is 66.7 Å². The summed E-state index contributed by atoms with van der Waals surface area (Å²) < 4.78 is 25.6. The van der Waals surface area contributed by atoms with Crippen molar-refractivity contribution in [1.29, 1.82) is 0 Å². The molecule has 1 N–H and O–H groups in total. The molecule has 0 aliphatic carbocycles. The molecule has 1 aromatic heterocycles. The zero-order valence-electron chi connectivity index (χ0n) is 21.2. The maximum absolute atomic E-state index is 15.0. The molecule has 2 aliphatic heterocycles. The van der Waals surface area contributed by atoms with Gasteiger partial charge >= 0.3 is 12.2 Å². The van der Waals surface area contributed by atoms with Crippen molar-refractivity contribution < 1.29 is 28.2 Å².